The number of rotatable bonds is 5. The second-order valence-electron chi connectivity index (χ2n) is 5.09. The molecule has 1 amide bonds. The van der Waals surface area contributed by atoms with E-state index in [0.717, 1.165) is 6.07 Å². The van der Waals surface area contributed by atoms with Crippen LogP contribution in [0.1, 0.15) is 31.2 Å². The van der Waals surface area contributed by atoms with E-state index in [1.807, 2.05) is 0 Å². The lowest BCUT2D eigenvalue weighted by molar-refractivity contribution is -0.118. The summed E-state index contributed by atoms with van der Waals surface area (Å²) in [5, 5.41) is 9.20. The third-order valence-electron chi connectivity index (χ3n) is 3.20. The topological polar surface area (TPSA) is 67.2 Å². The summed E-state index contributed by atoms with van der Waals surface area (Å²) >= 11 is 0. The highest BCUT2D eigenvalue weighted by molar-refractivity contribution is 5.93. The molecule has 7 heteroatoms. The molecule has 1 aromatic heterocycles. The number of amides is 1. The molecular weight excluding hydrogens is 292 g/mol. The molecule has 5 nitrogen and oxygen atoms in total. The molecule has 0 aliphatic heterocycles. The third-order valence-corrected chi connectivity index (χ3v) is 3.20. The highest BCUT2D eigenvalue weighted by atomic mass is 19.1. The van der Waals surface area contributed by atoms with Gasteiger partial charge in [-0.25, -0.2) is 8.78 Å². The van der Waals surface area contributed by atoms with E-state index < -0.39 is 23.7 Å². The average molecular weight is 309 g/mol. The molecule has 0 bridgehead atoms. The number of hydrogen-bond acceptors (Lipinski definition) is 4. The van der Waals surface area contributed by atoms with Crippen molar-refractivity contribution in [3.8, 4) is 0 Å². The first-order chi connectivity index (χ1) is 10.4. The summed E-state index contributed by atoms with van der Waals surface area (Å²) in [6.07, 6.45) is 0. The van der Waals surface area contributed by atoms with Crippen LogP contribution in [0.5, 0.6) is 0 Å². The Hall–Kier alpha value is -2.28. The van der Waals surface area contributed by atoms with Crippen LogP contribution >= 0.6 is 0 Å². The average Bonchev–Trinajstić information content (AvgIpc) is 2.83. The van der Waals surface area contributed by atoms with E-state index in [-0.39, 0.29) is 5.91 Å². The Morgan fingerprint density at radius 3 is 2.59 bits per heavy atom. The maximum Gasteiger partial charge on any atom is 0.242 e. The van der Waals surface area contributed by atoms with Crippen molar-refractivity contribution >= 4 is 11.7 Å². The fourth-order valence-electron chi connectivity index (χ4n) is 2.05. The lowest BCUT2D eigenvalue weighted by Gasteiger charge is -2.20. The summed E-state index contributed by atoms with van der Waals surface area (Å²) in [6, 6.07) is 3.88. The lowest BCUT2D eigenvalue weighted by atomic mass is 10.1. The van der Waals surface area contributed by atoms with Crippen LogP contribution in [0.15, 0.2) is 28.8 Å². The van der Waals surface area contributed by atoms with Crippen LogP contribution in [-0.2, 0) is 4.79 Å². The van der Waals surface area contributed by atoms with Gasteiger partial charge in [-0.1, -0.05) is 11.2 Å². The van der Waals surface area contributed by atoms with Gasteiger partial charge < -0.3 is 9.84 Å². The Bertz CT molecular complexity index is 673. The van der Waals surface area contributed by atoms with E-state index in [4.69, 9.17) is 4.52 Å². The lowest BCUT2D eigenvalue weighted by Crippen LogP contribution is -2.39. The number of nitrogens with zero attached hydrogens (tertiary/aromatic N) is 1. The zero-order valence-corrected chi connectivity index (χ0v) is 12.5. The molecule has 0 fully saturated rings. The van der Waals surface area contributed by atoms with Gasteiger partial charge in [-0.15, -0.1) is 0 Å². The molecule has 0 spiro atoms. The van der Waals surface area contributed by atoms with Gasteiger partial charge in [0.2, 0.25) is 5.91 Å². The number of anilines is 1. The number of carbonyl (C=O) groups excluding carboxylic acids is 1. The number of halogens is 2. The van der Waals surface area contributed by atoms with E-state index in [1.165, 1.54) is 12.1 Å². The van der Waals surface area contributed by atoms with Crippen LogP contribution in [-0.4, -0.2) is 17.1 Å². The molecule has 2 N–H and O–H groups in total. The van der Waals surface area contributed by atoms with Crippen LogP contribution < -0.4 is 10.6 Å². The van der Waals surface area contributed by atoms with Gasteiger partial charge in [-0.3, -0.25) is 10.1 Å². The predicted octanol–water partition coefficient (Wildman–Crippen LogP) is 2.94. The van der Waals surface area contributed by atoms with Crippen molar-refractivity contribution in [3.05, 3.63) is 47.2 Å². The molecule has 0 unspecified atom stereocenters. The Morgan fingerprint density at radius 1 is 1.27 bits per heavy atom. The molecule has 0 saturated carbocycles. The van der Waals surface area contributed by atoms with Gasteiger partial charge in [-0.05, 0) is 26.8 Å². The van der Waals surface area contributed by atoms with Crippen molar-refractivity contribution in [3.63, 3.8) is 0 Å². The molecule has 1 heterocycles. The van der Waals surface area contributed by atoms with Crippen molar-refractivity contribution in [1.82, 2.24) is 10.5 Å². The van der Waals surface area contributed by atoms with Gasteiger partial charge in [0, 0.05) is 23.7 Å². The number of benzene rings is 1. The Balaban J connectivity index is 1.98. The highest BCUT2D eigenvalue weighted by Crippen LogP contribution is 2.18. The molecule has 1 aromatic carbocycles. The first kappa shape index (κ1) is 16.1. The largest absolute Gasteiger partial charge is 0.360 e. The highest BCUT2D eigenvalue weighted by Gasteiger charge is 2.19. The minimum atomic E-state index is -0.653. The number of nitrogens with one attached hydrogen (secondary N) is 2. The van der Waals surface area contributed by atoms with E-state index in [0.29, 0.717) is 17.1 Å². The van der Waals surface area contributed by atoms with Crippen LogP contribution in [0, 0.1) is 18.6 Å². The fraction of sp³-hybridized carbons (Fsp3) is 0.333. The van der Waals surface area contributed by atoms with Gasteiger partial charge in [0.05, 0.1) is 6.04 Å². The molecule has 2 atom stereocenters. The van der Waals surface area contributed by atoms with Crippen LogP contribution in [0.4, 0.5) is 14.6 Å². The number of aryl methyl sites for hydroxylation is 1. The fourth-order valence-corrected chi connectivity index (χ4v) is 2.05. The maximum absolute atomic E-state index is 13.7. The Kier molecular flexibility index (Phi) is 4.87. The van der Waals surface area contributed by atoms with Gasteiger partial charge in [0.1, 0.15) is 17.4 Å². The number of aromatic nitrogens is 1. The van der Waals surface area contributed by atoms with Crippen molar-refractivity contribution in [2.75, 3.05) is 5.32 Å². The van der Waals surface area contributed by atoms with Crippen LogP contribution in [0.3, 0.4) is 0 Å². The first-order valence-electron chi connectivity index (χ1n) is 6.82. The van der Waals surface area contributed by atoms with Gasteiger partial charge in [0.25, 0.3) is 0 Å². The van der Waals surface area contributed by atoms with E-state index in [2.05, 4.69) is 15.8 Å². The van der Waals surface area contributed by atoms with Gasteiger partial charge in [-0.2, -0.15) is 0 Å². The van der Waals surface area contributed by atoms with Crippen molar-refractivity contribution < 1.29 is 18.1 Å². The van der Waals surface area contributed by atoms with E-state index in [1.54, 1.807) is 26.8 Å². The van der Waals surface area contributed by atoms with Crippen LogP contribution in [0.25, 0.3) is 0 Å². The number of hydrogen-bond donors (Lipinski definition) is 2. The summed E-state index contributed by atoms with van der Waals surface area (Å²) in [7, 11) is 0. The monoisotopic (exact) mass is 309 g/mol. The molecular formula is C15H17F2N3O2. The summed E-state index contributed by atoms with van der Waals surface area (Å²) < 4.78 is 31.5. The van der Waals surface area contributed by atoms with Gasteiger partial charge >= 0.3 is 0 Å². The summed E-state index contributed by atoms with van der Waals surface area (Å²) in [5.41, 5.74) is 0.290. The molecule has 2 aromatic rings. The second-order valence-corrected chi connectivity index (χ2v) is 5.09. The summed E-state index contributed by atoms with van der Waals surface area (Å²) in [5.74, 6) is -0.725. The SMILES string of the molecule is Cc1cc(NC(=O)[C@@H](C)N[C@H](C)c2ccc(F)cc2F)no1. The minimum Gasteiger partial charge on any atom is -0.360 e. The molecule has 0 aliphatic carbocycles. The van der Waals surface area contributed by atoms with Gasteiger partial charge in [0.15, 0.2) is 5.82 Å². The number of carbonyl (C=O) groups is 1. The van der Waals surface area contributed by atoms with Crippen molar-refractivity contribution in [2.24, 2.45) is 0 Å². The molecule has 0 radical (unpaired) electrons. The normalized spacial score (nSPS) is 13.7. The zero-order chi connectivity index (χ0) is 16.3. The zero-order valence-electron chi connectivity index (χ0n) is 12.5. The molecule has 0 aliphatic rings. The molecule has 22 heavy (non-hydrogen) atoms. The molecule has 0 saturated heterocycles. The Labute approximate surface area is 126 Å². The standard InChI is InChI=1S/C15H17F2N3O2/c1-8-6-14(20-22-8)19-15(21)10(3)18-9(2)12-5-4-11(16)7-13(12)17/h4-7,9-10,18H,1-3H3,(H,19,20,21)/t9-,10-/m1/s1. The predicted molar refractivity (Wildman–Crippen MR) is 77.2 cm³/mol. The van der Waals surface area contributed by atoms with Crippen molar-refractivity contribution in [2.45, 2.75) is 32.9 Å². The smallest absolute Gasteiger partial charge is 0.242 e. The molecule has 118 valence electrons. The van der Waals surface area contributed by atoms with E-state index in [9.17, 15) is 13.6 Å². The van der Waals surface area contributed by atoms with Crippen molar-refractivity contribution in [1.29, 1.82) is 0 Å². The van der Waals surface area contributed by atoms with Crippen LogP contribution in [0.2, 0.25) is 0 Å². The molecule has 2 rings (SSSR count). The third kappa shape index (κ3) is 3.88. The maximum atomic E-state index is 13.7. The summed E-state index contributed by atoms with van der Waals surface area (Å²) in [6.45, 7) is 5.05. The minimum absolute atomic E-state index is 0.290. The first-order valence-corrected chi connectivity index (χ1v) is 6.82. The summed E-state index contributed by atoms with van der Waals surface area (Å²) in [4.78, 5) is 12.0. The Morgan fingerprint density at radius 2 is 2.00 bits per heavy atom. The quantitative estimate of drug-likeness (QED) is 0.891. The second kappa shape index (κ2) is 6.65. The van der Waals surface area contributed by atoms with E-state index >= 15 is 0 Å².